The second kappa shape index (κ2) is 8.48. The number of hydrogen-bond acceptors (Lipinski definition) is 5. The lowest BCUT2D eigenvalue weighted by Crippen LogP contribution is -2.52. The van der Waals surface area contributed by atoms with Crippen molar-refractivity contribution in [1.29, 1.82) is 0 Å². The van der Waals surface area contributed by atoms with E-state index in [9.17, 15) is 14.0 Å². The van der Waals surface area contributed by atoms with Crippen molar-refractivity contribution in [2.45, 2.75) is 38.8 Å². The Morgan fingerprint density at radius 1 is 1.06 bits per heavy atom. The number of anilines is 2. The highest BCUT2D eigenvalue weighted by Gasteiger charge is 2.35. The average molecular weight is 464 g/mol. The monoisotopic (exact) mass is 464 g/mol. The van der Waals surface area contributed by atoms with Gasteiger partial charge in [-0.3, -0.25) is 14.4 Å². The van der Waals surface area contributed by atoms with E-state index < -0.39 is 11.9 Å². The Hall–Kier alpha value is -3.88. The molecule has 0 bridgehead atoms. The molecule has 2 amide bonds. The van der Waals surface area contributed by atoms with E-state index >= 15 is 0 Å². The molecule has 8 nitrogen and oxygen atoms in total. The normalized spacial score (nSPS) is 17.4. The van der Waals surface area contributed by atoms with Gasteiger partial charge >= 0.3 is 6.09 Å². The maximum atomic E-state index is 13.8. The number of halogens is 1. The van der Waals surface area contributed by atoms with Crippen molar-refractivity contribution in [1.82, 2.24) is 9.78 Å². The molecule has 1 saturated carbocycles. The van der Waals surface area contributed by atoms with Gasteiger partial charge in [0, 0.05) is 31.3 Å². The Morgan fingerprint density at radius 3 is 2.56 bits per heavy atom. The first-order chi connectivity index (χ1) is 16.4. The molecule has 2 aromatic carbocycles. The molecule has 1 aliphatic carbocycles. The van der Waals surface area contributed by atoms with Crippen molar-refractivity contribution in [2.24, 2.45) is 0 Å². The summed E-state index contributed by atoms with van der Waals surface area (Å²) in [7, 11) is 1.42. The number of aromatic nitrogens is 2. The molecule has 3 aromatic rings. The Morgan fingerprint density at radius 2 is 1.85 bits per heavy atom. The van der Waals surface area contributed by atoms with Crippen LogP contribution in [0.15, 0.2) is 48.8 Å². The van der Waals surface area contributed by atoms with E-state index in [1.54, 1.807) is 11.1 Å². The Labute approximate surface area is 196 Å². The fourth-order valence-electron chi connectivity index (χ4n) is 4.36. The van der Waals surface area contributed by atoms with E-state index in [1.807, 2.05) is 36.0 Å². The molecule has 176 valence electrons. The number of amides is 2. The Balaban J connectivity index is 1.53. The van der Waals surface area contributed by atoms with Crippen LogP contribution in [0, 0.1) is 5.82 Å². The third-order valence-electron chi connectivity index (χ3n) is 6.15. The van der Waals surface area contributed by atoms with Gasteiger partial charge in [0.2, 0.25) is 5.91 Å². The topological polar surface area (TPSA) is 76.9 Å². The van der Waals surface area contributed by atoms with Crippen LogP contribution in [-0.2, 0) is 4.79 Å². The predicted octanol–water partition coefficient (Wildman–Crippen LogP) is 4.79. The number of methoxy groups -OCH3 is 1. The first kappa shape index (κ1) is 21.9. The molecule has 0 radical (unpaired) electrons. The molecule has 2 heterocycles. The minimum Gasteiger partial charge on any atom is -0.493 e. The SMILES string of the molecule is COc1ccc(F)cc1OC(=O)N1C[C@H](C)N(C(C)=O)c2ccc(-c3cnn(C4CC4)c3)cc21. The summed E-state index contributed by atoms with van der Waals surface area (Å²) in [5.74, 6) is -0.444. The molecular formula is C25H25FN4O4. The summed E-state index contributed by atoms with van der Waals surface area (Å²) in [6, 6.07) is 9.51. The molecule has 34 heavy (non-hydrogen) atoms. The summed E-state index contributed by atoms with van der Waals surface area (Å²) in [5.41, 5.74) is 2.92. The van der Waals surface area contributed by atoms with Crippen molar-refractivity contribution < 1.29 is 23.5 Å². The first-order valence-corrected chi connectivity index (χ1v) is 11.2. The highest BCUT2D eigenvalue weighted by molar-refractivity contribution is 6.03. The molecule has 0 saturated heterocycles. The van der Waals surface area contributed by atoms with E-state index in [0.717, 1.165) is 30.0 Å². The number of ether oxygens (including phenoxy) is 2. The van der Waals surface area contributed by atoms with Crippen molar-refractivity contribution in [2.75, 3.05) is 23.5 Å². The summed E-state index contributed by atoms with van der Waals surface area (Å²) in [5, 5.41) is 4.46. The third-order valence-corrected chi connectivity index (χ3v) is 6.15. The summed E-state index contributed by atoms with van der Waals surface area (Å²) < 4.78 is 26.5. The molecular weight excluding hydrogens is 439 g/mol. The lowest BCUT2D eigenvalue weighted by molar-refractivity contribution is -0.117. The maximum Gasteiger partial charge on any atom is 0.420 e. The number of fused-ring (bicyclic) bond motifs is 1. The largest absolute Gasteiger partial charge is 0.493 e. The zero-order valence-corrected chi connectivity index (χ0v) is 19.2. The van der Waals surface area contributed by atoms with Crippen LogP contribution in [-0.4, -0.2) is 41.5 Å². The van der Waals surface area contributed by atoms with Crippen LogP contribution in [0.5, 0.6) is 11.5 Å². The van der Waals surface area contributed by atoms with Gasteiger partial charge in [0.1, 0.15) is 5.82 Å². The van der Waals surface area contributed by atoms with Crippen LogP contribution >= 0.6 is 0 Å². The molecule has 1 aliphatic heterocycles. The number of carbonyl (C=O) groups is 2. The third kappa shape index (κ3) is 3.98. The van der Waals surface area contributed by atoms with E-state index in [1.165, 1.54) is 31.1 Å². The van der Waals surface area contributed by atoms with Gasteiger partial charge in [-0.1, -0.05) is 6.07 Å². The Kier molecular flexibility index (Phi) is 5.47. The predicted molar refractivity (Wildman–Crippen MR) is 125 cm³/mol. The zero-order valence-electron chi connectivity index (χ0n) is 19.2. The van der Waals surface area contributed by atoms with E-state index in [2.05, 4.69) is 5.10 Å². The lowest BCUT2D eigenvalue weighted by atomic mass is 10.0. The number of benzene rings is 2. The highest BCUT2D eigenvalue weighted by atomic mass is 19.1. The van der Waals surface area contributed by atoms with Crippen LogP contribution in [0.2, 0.25) is 0 Å². The number of rotatable bonds is 4. The van der Waals surface area contributed by atoms with Gasteiger partial charge in [-0.05, 0) is 49.6 Å². The second-order valence-electron chi connectivity index (χ2n) is 8.66. The molecule has 0 unspecified atom stereocenters. The van der Waals surface area contributed by atoms with Gasteiger partial charge in [-0.15, -0.1) is 0 Å². The highest BCUT2D eigenvalue weighted by Crippen LogP contribution is 2.41. The molecule has 5 rings (SSSR count). The molecule has 1 fully saturated rings. The van der Waals surface area contributed by atoms with Crippen molar-refractivity contribution in [3.8, 4) is 22.6 Å². The van der Waals surface area contributed by atoms with Crippen LogP contribution in [0.3, 0.4) is 0 Å². The minimum absolute atomic E-state index is 0.0161. The molecule has 0 N–H and O–H groups in total. The molecule has 2 aliphatic rings. The molecule has 0 spiro atoms. The maximum absolute atomic E-state index is 13.8. The molecule has 9 heteroatoms. The smallest absolute Gasteiger partial charge is 0.420 e. The summed E-state index contributed by atoms with van der Waals surface area (Å²) in [4.78, 5) is 28.8. The molecule has 1 aromatic heterocycles. The first-order valence-electron chi connectivity index (χ1n) is 11.2. The van der Waals surface area contributed by atoms with Gasteiger partial charge in [0.15, 0.2) is 11.5 Å². The molecule has 1 atom stereocenters. The van der Waals surface area contributed by atoms with Crippen LogP contribution < -0.4 is 19.3 Å². The van der Waals surface area contributed by atoms with Gasteiger partial charge in [-0.2, -0.15) is 5.10 Å². The summed E-state index contributed by atoms with van der Waals surface area (Å²) in [6.07, 6.45) is 5.36. The van der Waals surface area contributed by atoms with Crippen LogP contribution in [0.1, 0.15) is 32.7 Å². The standard InChI is InChI=1S/C25H25FN4O4/c1-15-13-28(25(32)34-24-11-19(26)5-9-23(24)33-3)22-10-17(4-8-21(22)30(15)16(2)31)18-12-27-29(14-18)20-6-7-20/h4-5,8-12,14-15,20H,6-7,13H2,1-3H3/t15-/m0/s1. The second-order valence-corrected chi connectivity index (χ2v) is 8.66. The van der Waals surface area contributed by atoms with Crippen LogP contribution in [0.25, 0.3) is 11.1 Å². The minimum atomic E-state index is -0.689. The van der Waals surface area contributed by atoms with Gasteiger partial charge < -0.3 is 14.4 Å². The fraction of sp³-hybridized carbons (Fsp3) is 0.320. The van der Waals surface area contributed by atoms with E-state index in [4.69, 9.17) is 9.47 Å². The summed E-state index contributed by atoms with van der Waals surface area (Å²) >= 11 is 0. The van der Waals surface area contributed by atoms with Gasteiger partial charge in [0.05, 0.1) is 36.8 Å². The number of carbonyl (C=O) groups excluding carboxylic acids is 2. The van der Waals surface area contributed by atoms with Crippen molar-refractivity contribution >= 4 is 23.4 Å². The van der Waals surface area contributed by atoms with Gasteiger partial charge in [0.25, 0.3) is 0 Å². The number of nitrogens with zero attached hydrogens (tertiary/aromatic N) is 4. The lowest BCUT2D eigenvalue weighted by Gasteiger charge is -2.40. The quantitative estimate of drug-likeness (QED) is 0.555. The zero-order chi connectivity index (χ0) is 24.0. The van der Waals surface area contributed by atoms with E-state index in [-0.39, 0.29) is 30.0 Å². The average Bonchev–Trinajstić information content (AvgIpc) is 3.54. The number of hydrogen-bond donors (Lipinski definition) is 0. The van der Waals surface area contributed by atoms with Crippen molar-refractivity contribution in [3.05, 3.63) is 54.6 Å². The van der Waals surface area contributed by atoms with Crippen molar-refractivity contribution in [3.63, 3.8) is 0 Å². The van der Waals surface area contributed by atoms with E-state index in [0.29, 0.717) is 17.4 Å². The van der Waals surface area contributed by atoms with Gasteiger partial charge in [-0.25, -0.2) is 9.18 Å². The Bertz CT molecular complexity index is 1270. The van der Waals surface area contributed by atoms with Crippen LogP contribution in [0.4, 0.5) is 20.6 Å². The summed E-state index contributed by atoms with van der Waals surface area (Å²) in [6.45, 7) is 3.58. The fourth-order valence-corrected chi connectivity index (χ4v) is 4.36.